The second-order valence-electron chi connectivity index (χ2n) is 7.31. The number of aromatic nitrogens is 1. The number of likely N-dealkylation sites (tertiary alicyclic amines) is 1. The van der Waals surface area contributed by atoms with Gasteiger partial charge in [-0.15, -0.1) is 11.3 Å². The number of thiazole rings is 1. The maximum atomic E-state index is 14.0. The zero-order valence-electron chi connectivity index (χ0n) is 16.6. The van der Waals surface area contributed by atoms with E-state index in [0.29, 0.717) is 35.6 Å². The lowest BCUT2D eigenvalue weighted by atomic mass is 10.1. The van der Waals surface area contributed by atoms with Gasteiger partial charge in [0.25, 0.3) is 5.91 Å². The molecule has 7 heteroatoms. The minimum absolute atomic E-state index is 0.135. The molecule has 2 aromatic carbocycles. The predicted molar refractivity (Wildman–Crippen MR) is 115 cm³/mol. The van der Waals surface area contributed by atoms with Gasteiger partial charge in [0.2, 0.25) is 5.91 Å². The molecule has 1 N–H and O–H groups in total. The Morgan fingerprint density at radius 2 is 1.90 bits per heavy atom. The molecule has 30 heavy (non-hydrogen) atoms. The molecule has 0 bridgehead atoms. The van der Waals surface area contributed by atoms with Gasteiger partial charge in [0, 0.05) is 23.4 Å². The van der Waals surface area contributed by atoms with E-state index >= 15 is 0 Å². The van der Waals surface area contributed by atoms with Crippen LogP contribution in [0.25, 0.3) is 0 Å². The van der Waals surface area contributed by atoms with Crippen molar-refractivity contribution in [3.63, 3.8) is 0 Å². The Morgan fingerprint density at radius 1 is 1.17 bits per heavy atom. The van der Waals surface area contributed by atoms with Crippen LogP contribution in [0.1, 0.15) is 39.3 Å². The van der Waals surface area contributed by atoms with E-state index < -0.39 is 6.04 Å². The Hall–Kier alpha value is -3.06. The number of amides is 2. The predicted octanol–water partition coefficient (Wildman–Crippen LogP) is 4.42. The largest absolute Gasteiger partial charge is 0.327 e. The van der Waals surface area contributed by atoms with E-state index in [1.165, 1.54) is 17.4 Å². The summed E-state index contributed by atoms with van der Waals surface area (Å²) in [4.78, 5) is 32.7. The van der Waals surface area contributed by atoms with E-state index in [0.717, 1.165) is 17.0 Å². The monoisotopic (exact) mass is 423 g/mol. The van der Waals surface area contributed by atoms with Crippen LogP contribution in [0.15, 0.2) is 54.6 Å². The second-order valence-corrected chi connectivity index (χ2v) is 8.39. The second kappa shape index (κ2) is 8.75. The van der Waals surface area contributed by atoms with E-state index in [-0.39, 0.29) is 17.6 Å². The van der Waals surface area contributed by atoms with Crippen molar-refractivity contribution in [2.45, 2.75) is 32.2 Å². The van der Waals surface area contributed by atoms with Crippen LogP contribution in [-0.4, -0.2) is 34.3 Å². The third-order valence-corrected chi connectivity index (χ3v) is 6.34. The molecular formula is C23H22FN3O2S. The summed E-state index contributed by atoms with van der Waals surface area (Å²) in [5.41, 5.74) is 1.94. The molecule has 0 radical (unpaired) electrons. The minimum atomic E-state index is -0.517. The summed E-state index contributed by atoms with van der Waals surface area (Å²) in [5.74, 6) is -0.622. The molecule has 1 aliphatic heterocycles. The van der Waals surface area contributed by atoms with Crippen molar-refractivity contribution in [2.75, 3.05) is 11.9 Å². The van der Waals surface area contributed by atoms with Gasteiger partial charge in [0.15, 0.2) is 5.13 Å². The SMILES string of the molecule is Cc1nc(NC(=O)C2CCCN2C(=O)c2ccccc2)sc1Cc1ccccc1F. The first-order valence-electron chi connectivity index (χ1n) is 9.89. The fraction of sp³-hybridized carbons (Fsp3) is 0.261. The van der Waals surface area contributed by atoms with E-state index in [1.54, 1.807) is 35.2 Å². The molecular weight excluding hydrogens is 401 g/mol. The van der Waals surface area contributed by atoms with Gasteiger partial charge < -0.3 is 10.2 Å². The quantitative estimate of drug-likeness (QED) is 0.661. The smallest absolute Gasteiger partial charge is 0.254 e. The number of carbonyl (C=O) groups excluding carboxylic acids is 2. The summed E-state index contributed by atoms with van der Waals surface area (Å²) >= 11 is 1.34. The number of hydrogen-bond acceptors (Lipinski definition) is 4. The van der Waals surface area contributed by atoms with Crippen LogP contribution in [0.4, 0.5) is 9.52 Å². The van der Waals surface area contributed by atoms with Crippen molar-refractivity contribution in [3.8, 4) is 0 Å². The Balaban J connectivity index is 1.46. The fourth-order valence-corrected chi connectivity index (χ4v) is 4.67. The lowest BCUT2D eigenvalue weighted by Crippen LogP contribution is -2.43. The molecule has 1 saturated heterocycles. The van der Waals surface area contributed by atoms with E-state index in [4.69, 9.17) is 0 Å². The molecule has 1 fully saturated rings. The summed E-state index contributed by atoms with van der Waals surface area (Å²) in [6, 6.07) is 15.1. The number of halogens is 1. The Labute approximate surface area is 178 Å². The number of nitrogens with zero attached hydrogens (tertiary/aromatic N) is 2. The fourth-order valence-electron chi connectivity index (χ4n) is 3.68. The maximum absolute atomic E-state index is 14.0. The average molecular weight is 424 g/mol. The highest BCUT2D eigenvalue weighted by atomic mass is 32.1. The number of benzene rings is 2. The van der Waals surface area contributed by atoms with Crippen molar-refractivity contribution in [2.24, 2.45) is 0 Å². The van der Waals surface area contributed by atoms with Gasteiger partial charge in [-0.05, 0) is 43.5 Å². The summed E-state index contributed by atoms with van der Waals surface area (Å²) in [6.07, 6.45) is 1.83. The molecule has 1 aromatic heterocycles. The molecule has 3 aromatic rings. The normalized spacial score (nSPS) is 15.9. The number of nitrogens with one attached hydrogen (secondary N) is 1. The van der Waals surface area contributed by atoms with Crippen LogP contribution in [0.5, 0.6) is 0 Å². The maximum Gasteiger partial charge on any atom is 0.254 e. The Morgan fingerprint density at radius 3 is 2.67 bits per heavy atom. The first kappa shape index (κ1) is 20.2. The Bertz CT molecular complexity index is 1070. The molecule has 154 valence electrons. The lowest BCUT2D eigenvalue weighted by molar-refractivity contribution is -0.119. The molecule has 0 aliphatic carbocycles. The van der Waals surface area contributed by atoms with E-state index in [2.05, 4.69) is 10.3 Å². The van der Waals surface area contributed by atoms with Crippen molar-refractivity contribution in [3.05, 3.63) is 82.1 Å². The molecule has 0 spiro atoms. The van der Waals surface area contributed by atoms with Crippen molar-refractivity contribution in [1.82, 2.24) is 9.88 Å². The van der Waals surface area contributed by atoms with Crippen LogP contribution >= 0.6 is 11.3 Å². The van der Waals surface area contributed by atoms with Crippen LogP contribution in [0, 0.1) is 12.7 Å². The van der Waals surface area contributed by atoms with Gasteiger partial charge in [0.05, 0.1) is 5.69 Å². The van der Waals surface area contributed by atoms with Gasteiger partial charge in [-0.1, -0.05) is 36.4 Å². The van der Waals surface area contributed by atoms with Crippen molar-refractivity contribution in [1.29, 1.82) is 0 Å². The standard InChI is InChI=1S/C23H22FN3O2S/c1-15-20(14-17-10-5-6-11-18(17)24)30-23(25-15)26-21(28)19-12-7-13-27(19)22(29)16-8-3-2-4-9-16/h2-6,8-11,19H,7,12-14H2,1H3,(H,25,26,28). The molecule has 1 atom stereocenters. The molecule has 2 amide bonds. The van der Waals surface area contributed by atoms with Crippen LogP contribution < -0.4 is 5.32 Å². The van der Waals surface area contributed by atoms with Gasteiger partial charge in [0.1, 0.15) is 11.9 Å². The first-order valence-corrected chi connectivity index (χ1v) is 10.7. The molecule has 1 unspecified atom stereocenters. The number of rotatable bonds is 5. The molecule has 1 aliphatic rings. The number of hydrogen-bond donors (Lipinski definition) is 1. The third-order valence-electron chi connectivity index (χ3n) is 5.27. The molecule has 4 rings (SSSR count). The number of aryl methyl sites for hydroxylation is 1. The summed E-state index contributed by atoms with van der Waals surface area (Å²) in [6.45, 7) is 2.41. The van der Waals surface area contributed by atoms with E-state index in [9.17, 15) is 14.0 Å². The highest BCUT2D eigenvalue weighted by Crippen LogP contribution is 2.28. The molecule has 5 nitrogen and oxygen atoms in total. The summed E-state index contributed by atoms with van der Waals surface area (Å²) in [5, 5.41) is 3.34. The topological polar surface area (TPSA) is 62.3 Å². The average Bonchev–Trinajstić information content (AvgIpc) is 3.37. The molecule has 0 saturated carbocycles. The van der Waals surface area contributed by atoms with Gasteiger partial charge in [-0.3, -0.25) is 9.59 Å². The van der Waals surface area contributed by atoms with Crippen LogP contribution in [0.3, 0.4) is 0 Å². The zero-order chi connectivity index (χ0) is 21.1. The first-order chi connectivity index (χ1) is 14.5. The van der Waals surface area contributed by atoms with Gasteiger partial charge in [-0.25, -0.2) is 9.37 Å². The summed E-state index contributed by atoms with van der Waals surface area (Å²) < 4.78 is 14.0. The third kappa shape index (κ3) is 4.26. The van der Waals surface area contributed by atoms with Crippen LogP contribution in [-0.2, 0) is 11.2 Å². The minimum Gasteiger partial charge on any atom is -0.327 e. The Kier molecular flexibility index (Phi) is 5.90. The number of carbonyl (C=O) groups is 2. The van der Waals surface area contributed by atoms with Gasteiger partial charge in [-0.2, -0.15) is 0 Å². The van der Waals surface area contributed by atoms with Gasteiger partial charge >= 0.3 is 0 Å². The summed E-state index contributed by atoms with van der Waals surface area (Å²) in [7, 11) is 0. The van der Waals surface area contributed by atoms with Crippen LogP contribution in [0.2, 0.25) is 0 Å². The zero-order valence-corrected chi connectivity index (χ0v) is 17.4. The number of anilines is 1. The molecule has 2 heterocycles. The lowest BCUT2D eigenvalue weighted by Gasteiger charge is -2.23. The van der Waals surface area contributed by atoms with Crippen molar-refractivity contribution < 1.29 is 14.0 Å². The highest BCUT2D eigenvalue weighted by molar-refractivity contribution is 7.15. The van der Waals surface area contributed by atoms with Crippen molar-refractivity contribution >= 4 is 28.3 Å². The van der Waals surface area contributed by atoms with E-state index in [1.807, 2.05) is 25.1 Å². The highest BCUT2D eigenvalue weighted by Gasteiger charge is 2.35.